The second kappa shape index (κ2) is 7.13. The van der Waals surface area contributed by atoms with Crippen molar-refractivity contribution in [3.05, 3.63) is 12.1 Å². The number of fused-ring (bicyclic) bond motifs is 2. The predicted molar refractivity (Wildman–Crippen MR) is 89.4 cm³/mol. The minimum Gasteiger partial charge on any atom is -0.486 e. The molecule has 22 heavy (non-hydrogen) atoms. The third kappa shape index (κ3) is 3.43. The highest BCUT2D eigenvalue weighted by atomic mass is 35.5. The van der Waals surface area contributed by atoms with Crippen molar-refractivity contribution in [2.75, 3.05) is 18.5 Å². The number of rotatable bonds is 4. The van der Waals surface area contributed by atoms with Gasteiger partial charge in [-0.25, -0.2) is 4.98 Å². The first-order chi connectivity index (χ1) is 10.2. The van der Waals surface area contributed by atoms with Gasteiger partial charge in [0, 0.05) is 12.1 Å². The van der Waals surface area contributed by atoms with Gasteiger partial charge in [-0.05, 0) is 6.42 Å². The van der Waals surface area contributed by atoms with E-state index in [-0.39, 0.29) is 18.3 Å². The lowest BCUT2D eigenvalue weighted by atomic mass is 10.2. The number of ether oxygens (including phenoxy) is 2. The van der Waals surface area contributed by atoms with Crippen LogP contribution in [0.4, 0.5) is 5.13 Å². The number of amides is 1. The molecule has 1 aliphatic heterocycles. The fourth-order valence-corrected chi connectivity index (χ4v) is 3.04. The normalized spacial score (nSPS) is 14.3. The molecule has 6 nitrogen and oxygen atoms in total. The van der Waals surface area contributed by atoms with E-state index < -0.39 is 6.04 Å². The van der Waals surface area contributed by atoms with Crippen molar-refractivity contribution in [1.29, 1.82) is 0 Å². The molecular weight excluding hydrogens is 326 g/mol. The average molecular weight is 344 g/mol. The summed E-state index contributed by atoms with van der Waals surface area (Å²) < 4.78 is 12.0. The van der Waals surface area contributed by atoms with Gasteiger partial charge in [0.05, 0.1) is 16.3 Å². The molecule has 0 fully saturated rings. The van der Waals surface area contributed by atoms with Gasteiger partial charge in [0.25, 0.3) is 0 Å². The van der Waals surface area contributed by atoms with Crippen LogP contribution in [0.15, 0.2) is 12.1 Å². The summed E-state index contributed by atoms with van der Waals surface area (Å²) in [5, 5.41) is 3.31. The molecule has 3 rings (SSSR count). The van der Waals surface area contributed by atoms with Crippen LogP contribution in [0.1, 0.15) is 19.8 Å². The van der Waals surface area contributed by atoms with E-state index in [4.69, 9.17) is 15.2 Å². The van der Waals surface area contributed by atoms with Crippen LogP contribution < -0.4 is 20.5 Å². The fourth-order valence-electron chi connectivity index (χ4n) is 2.16. The van der Waals surface area contributed by atoms with Crippen LogP contribution in [0.2, 0.25) is 0 Å². The van der Waals surface area contributed by atoms with E-state index in [1.54, 1.807) is 0 Å². The Kier molecular flexibility index (Phi) is 5.44. The van der Waals surface area contributed by atoms with Crippen LogP contribution in [0, 0.1) is 0 Å². The summed E-state index contributed by atoms with van der Waals surface area (Å²) >= 11 is 1.40. The first-order valence-electron chi connectivity index (χ1n) is 6.94. The molecule has 0 saturated carbocycles. The summed E-state index contributed by atoms with van der Waals surface area (Å²) in [7, 11) is 0. The number of hydrogen-bond donors (Lipinski definition) is 2. The van der Waals surface area contributed by atoms with E-state index in [1.165, 1.54) is 11.3 Å². The van der Waals surface area contributed by atoms with Gasteiger partial charge in [0.2, 0.25) is 5.91 Å². The summed E-state index contributed by atoms with van der Waals surface area (Å²) in [6, 6.07) is 3.23. The lowest BCUT2D eigenvalue weighted by Crippen LogP contribution is -2.35. The molecule has 1 aromatic heterocycles. The molecule has 2 aromatic rings. The van der Waals surface area contributed by atoms with Crippen molar-refractivity contribution in [3.63, 3.8) is 0 Å². The molecule has 3 N–H and O–H groups in total. The van der Waals surface area contributed by atoms with Gasteiger partial charge in [-0.2, -0.15) is 0 Å². The molecule has 120 valence electrons. The maximum absolute atomic E-state index is 11.9. The number of aromatic nitrogens is 1. The van der Waals surface area contributed by atoms with Gasteiger partial charge < -0.3 is 20.5 Å². The number of hydrogen-bond acceptors (Lipinski definition) is 6. The van der Waals surface area contributed by atoms with Gasteiger partial charge in [0.15, 0.2) is 16.6 Å². The number of anilines is 1. The Labute approximate surface area is 138 Å². The van der Waals surface area contributed by atoms with E-state index in [0.717, 1.165) is 22.4 Å². The Morgan fingerprint density at radius 1 is 1.41 bits per heavy atom. The van der Waals surface area contributed by atoms with Crippen molar-refractivity contribution in [2.45, 2.75) is 25.8 Å². The number of nitrogens with two attached hydrogens (primary N) is 1. The van der Waals surface area contributed by atoms with Crippen LogP contribution in [0.5, 0.6) is 11.5 Å². The van der Waals surface area contributed by atoms with E-state index in [2.05, 4.69) is 10.3 Å². The molecule has 8 heteroatoms. The number of nitrogens with zero attached hydrogens (tertiary/aromatic N) is 1. The molecule has 1 amide bonds. The molecule has 1 unspecified atom stereocenters. The van der Waals surface area contributed by atoms with Gasteiger partial charge in [-0.3, -0.25) is 4.79 Å². The first-order valence-corrected chi connectivity index (χ1v) is 7.75. The van der Waals surface area contributed by atoms with Crippen LogP contribution in [-0.2, 0) is 4.79 Å². The maximum atomic E-state index is 11.9. The minimum absolute atomic E-state index is 0. The largest absolute Gasteiger partial charge is 0.486 e. The second-order valence-electron chi connectivity index (χ2n) is 4.87. The summed E-state index contributed by atoms with van der Waals surface area (Å²) in [5.41, 5.74) is 6.58. The zero-order chi connectivity index (χ0) is 14.8. The lowest BCUT2D eigenvalue weighted by Gasteiger charge is -2.17. The zero-order valence-electron chi connectivity index (χ0n) is 12.1. The van der Waals surface area contributed by atoms with Crippen molar-refractivity contribution < 1.29 is 14.3 Å². The maximum Gasteiger partial charge on any atom is 0.243 e. The van der Waals surface area contributed by atoms with Crippen LogP contribution in [0.25, 0.3) is 10.2 Å². The Balaban J connectivity index is 0.00000176. The molecule has 0 radical (unpaired) electrons. The predicted octanol–water partition coefficient (Wildman–Crippen LogP) is 2.56. The quantitative estimate of drug-likeness (QED) is 0.891. The summed E-state index contributed by atoms with van der Waals surface area (Å²) in [6.07, 6.45) is 1.53. The minimum atomic E-state index is -0.498. The van der Waals surface area contributed by atoms with Crippen molar-refractivity contribution >= 4 is 45.0 Å². The Hall–Kier alpha value is -1.57. The summed E-state index contributed by atoms with van der Waals surface area (Å²) in [6.45, 7) is 3.08. The summed E-state index contributed by atoms with van der Waals surface area (Å²) in [5.74, 6) is 1.21. The number of benzene rings is 1. The monoisotopic (exact) mass is 343 g/mol. The van der Waals surface area contributed by atoms with Gasteiger partial charge in [0.1, 0.15) is 13.2 Å². The smallest absolute Gasteiger partial charge is 0.243 e. The highest BCUT2D eigenvalue weighted by Crippen LogP contribution is 2.37. The Bertz CT molecular complexity index is 634. The van der Waals surface area contributed by atoms with Gasteiger partial charge >= 0.3 is 0 Å². The van der Waals surface area contributed by atoms with Crippen LogP contribution in [0.3, 0.4) is 0 Å². The third-order valence-electron chi connectivity index (χ3n) is 3.22. The molecule has 2 heterocycles. The van der Waals surface area contributed by atoms with Crippen LogP contribution in [-0.4, -0.2) is 30.1 Å². The van der Waals surface area contributed by atoms with Crippen LogP contribution >= 0.6 is 23.7 Å². The van der Waals surface area contributed by atoms with Crippen molar-refractivity contribution in [1.82, 2.24) is 4.98 Å². The second-order valence-corrected chi connectivity index (χ2v) is 5.90. The molecule has 0 bridgehead atoms. The number of halogens is 1. The average Bonchev–Trinajstić information content (AvgIpc) is 2.85. The first kappa shape index (κ1) is 16.8. The van der Waals surface area contributed by atoms with E-state index in [1.807, 2.05) is 19.1 Å². The van der Waals surface area contributed by atoms with E-state index >= 15 is 0 Å². The molecule has 1 atom stereocenters. The molecule has 1 aromatic carbocycles. The zero-order valence-corrected chi connectivity index (χ0v) is 13.8. The number of carbonyl (C=O) groups excluding carboxylic acids is 1. The van der Waals surface area contributed by atoms with Gasteiger partial charge in [-0.1, -0.05) is 24.7 Å². The topological polar surface area (TPSA) is 86.5 Å². The van der Waals surface area contributed by atoms with E-state index in [0.29, 0.717) is 30.5 Å². The SMILES string of the molecule is CCCC(N)C(=O)Nc1nc2cc3c(cc2s1)OCCO3.Cl. The molecule has 0 saturated heterocycles. The highest BCUT2D eigenvalue weighted by molar-refractivity contribution is 7.22. The standard InChI is InChI=1S/C14H17N3O3S.ClH/c1-2-3-8(15)13(18)17-14-16-9-6-10-11(7-12(9)21-14)20-5-4-19-10;/h6-8H,2-5,15H2,1H3,(H,16,17,18);1H. The number of nitrogens with one attached hydrogen (secondary N) is 1. The Morgan fingerprint density at radius 2 is 2.09 bits per heavy atom. The molecular formula is C14H18ClN3O3S. The molecule has 0 aliphatic carbocycles. The highest BCUT2D eigenvalue weighted by Gasteiger charge is 2.17. The number of carbonyl (C=O) groups is 1. The lowest BCUT2D eigenvalue weighted by molar-refractivity contribution is -0.117. The molecule has 0 spiro atoms. The van der Waals surface area contributed by atoms with E-state index in [9.17, 15) is 4.79 Å². The fraction of sp³-hybridized carbons (Fsp3) is 0.429. The molecule has 1 aliphatic rings. The van der Waals surface area contributed by atoms with Gasteiger partial charge in [-0.15, -0.1) is 12.4 Å². The summed E-state index contributed by atoms with van der Waals surface area (Å²) in [4.78, 5) is 16.3. The number of thiazole rings is 1. The van der Waals surface area contributed by atoms with Crippen molar-refractivity contribution in [2.24, 2.45) is 5.73 Å². The third-order valence-corrected chi connectivity index (χ3v) is 4.15. The van der Waals surface area contributed by atoms with Crippen molar-refractivity contribution in [3.8, 4) is 11.5 Å². The Morgan fingerprint density at radius 3 is 2.77 bits per heavy atom.